The molecule has 0 aliphatic heterocycles. The number of furan rings is 1. The molecule has 0 radical (unpaired) electrons. The van der Waals surface area contributed by atoms with Gasteiger partial charge in [0.05, 0.1) is 12.8 Å². The fourth-order valence-corrected chi connectivity index (χ4v) is 2.85. The average molecular weight is 288 g/mol. The van der Waals surface area contributed by atoms with E-state index in [1.54, 1.807) is 18.0 Å². The van der Waals surface area contributed by atoms with E-state index < -0.39 is 0 Å². The maximum atomic E-state index is 5.43. The summed E-state index contributed by atoms with van der Waals surface area (Å²) in [4.78, 5) is 0. The molecule has 0 bridgehead atoms. The lowest BCUT2D eigenvalue weighted by Crippen LogP contribution is -1.96. The van der Waals surface area contributed by atoms with Gasteiger partial charge >= 0.3 is 0 Å². The molecule has 0 spiro atoms. The van der Waals surface area contributed by atoms with Crippen LogP contribution in [-0.4, -0.2) is 16.0 Å². The number of nitrogens with one attached hydrogen (secondary N) is 1. The molecule has 0 fully saturated rings. The van der Waals surface area contributed by atoms with Crippen LogP contribution in [0.4, 0.5) is 5.13 Å². The molecule has 2 aromatic rings. The molecule has 17 heavy (non-hydrogen) atoms. The van der Waals surface area contributed by atoms with Gasteiger partial charge in [-0.05, 0) is 12.1 Å². The summed E-state index contributed by atoms with van der Waals surface area (Å²) in [6.07, 6.45) is 3.51. The monoisotopic (exact) mass is 287 g/mol. The average Bonchev–Trinajstić information content (AvgIpc) is 2.98. The van der Waals surface area contributed by atoms with Crippen LogP contribution in [0.3, 0.4) is 0 Å². The van der Waals surface area contributed by atoms with Crippen LogP contribution in [-0.2, 0) is 6.54 Å². The maximum Gasteiger partial charge on any atom is 0.206 e. The molecule has 0 aromatic carbocycles. The zero-order valence-corrected chi connectivity index (χ0v) is 11.2. The van der Waals surface area contributed by atoms with Crippen LogP contribution < -0.4 is 5.32 Å². The molecule has 90 valence electrons. The van der Waals surface area contributed by atoms with Crippen molar-refractivity contribution in [2.45, 2.75) is 10.9 Å². The smallest absolute Gasteiger partial charge is 0.206 e. The number of aromatic nitrogens is 2. The van der Waals surface area contributed by atoms with Gasteiger partial charge in [0.15, 0.2) is 4.34 Å². The van der Waals surface area contributed by atoms with Crippen LogP contribution in [0.15, 0.2) is 38.8 Å². The molecular weight excluding hydrogens is 278 g/mol. The zero-order valence-electron chi connectivity index (χ0n) is 8.80. The summed E-state index contributed by atoms with van der Waals surface area (Å²) in [5.41, 5.74) is 1.50. The molecule has 7 heteroatoms. The first-order valence-electron chi connectivity index (χ1n) is 4.86. The summed E-state index contributed by atoms with van der Waals surface area (Å²) in [7, 11) is 0. The van der Waals surface area contributed by atoms with E-state index in [2.05, 4.69) is 15.5 Å². The Morgan fingerprint density at radius 2 is 2.47 bits per heavy atom. The number of thioether (sulfide) groups is 1. The number of hydrogen-bond acceptors (Lipinski definition) is 6. The number of hydrogen-bond donors (Lipinski definition) is 1. The van der Waals surface area contributed by atoms with Gasteiger partial charge in [-0.3, -0.25) is 0 Å². The van der Waals surface area contributed by atoms with Gasteiger partial charge in [0, 0.05) is 11.3 Å². The van der Waals surface area contributed by atoms with E-state index in [0.29, 0.717) is 6.54 Å². The molecule has 0 unspecified atom stereocenters. The molecule has 2 rings (SSSR count). The van der Waals surface area contributed by atoms with Crippen LogP contribution in [0.2, 0.25) is 0 Å². The van der Waals surface area contributed by atoms with Crippen molar-refractivity contribution in [1.82, 2.24) is 10.2 Å². The van der Waals surface area contributed by atoms with Gasteiger partial charge in [0.2, 0.25) is 5.13 Å². The minimum Gasteiger partial charge on any atom is -0.467 e. The molecule has 4 nitrogen and oxygen atoms in total. The van der Waals surface area contributed by atoms with Gasteiger partial charge in [-0.1, -0.05) is 40.8 Å². The van der Waals surface area contributed by atoms with E-state index in [-0.39, 0.29) is 0 Å². The Hall–Kier alpha value is -0.980. The minimum absolute atomic E-state index is 0.619. The Balaban J connectivity index is 1.81. The van der Waals surface area contributed by atoms with Crippen molar-refractivity contribution in [3.05, 3.63) is 35.8 Å². The van der Waals surface area contributed by atoms with E-state index in [9.17, 15) is 0 Å². The van der Waals surface area contributed by atoms with Crippen molar-refractivity contribution in [3.63, 3.8) is 0 Å². The summed E-state index contributed by atoms with van der Waals surface area (Å²) in [6.45, 7) is 0.619. The van der Waals surface area contributed by atoms with Gasteiger partial charge in [-0.2, -0.15) is 0 Å². The molecule has 1 N–H and O–H groups in total. The highest BCUT2D eigenvalue weighted by Gasteiger charge is 2.04. The zero-order chi connectivity index (χ0) is 11.9. The SMILES string of the molecule is Cl/C=C/CSc1nnc(NCc2ccco2)s1. The minimum atomic E-state index is 0.619. The van der Waals surface area contributed by atoms with Crippen LogP contribution in [0.5, 0.6) is 0 Å². The predicted molar refractivity (Wildman–Crippen MR) is 71.7 cm³/mol. The van der Waals surface area contributed by atoms with Gasteiger partial charge < -0.3 is 9.73 Å². The van der Waals surface area contributed by atoms with Gasteiger partial charge in [0.1, 0.15) is 5.76 Å². The summed E-state index contributed by atoms with van der Waals surface area (Å²) in [5, 5.41) is 12.0. The van der Waals surface area contributed by atoms with Crippen molar-refractivity contribution in [1.29, 1.82) is 0 Å². The van der Waals surface area contributed by atoms with Gasteiger partial charge in [-0.15, -0.1) is 10.2 Å². The van der Waals surface area contributed by atoms with Crippen LogP contribution >= 0.6 is 34.7 Å². The van der Waals surface area contributed by atoms with E-state index in [1.807, 2.05) is 18.2 Å². The Kier molecular flexibility index (Phi) is 4.90. The van der Waals surface area contributed by atoms with E-state index >= 15 is 0 Å². The lowest BCUT2D eigenvalue weighted by molar-refractivity contribution is 0.518. The standard InChI is InChI=1S/C10H10ClN3OS2/c11-4-2-6-16-10-14-13-9(17-10)12-7-8-3-1-5-15-8/h1-5H,6-7H2,(H,12,13)/b4-2+. The normalized spacial score (nSPS) is 11.1. The molecule has 0 saturated carbocycles. The topological polar surface area (TPSA) is 51.0 Å². The molecule has 2 aromatic heterocycles. The Bertz CT molecular complexity index is 470. The van der Waals surface area contributed by atoms with Gasteiger partial charge in [-0.25, -0.2) is 0 Å². The molecular formula is C10H10ClN3OS2. The highest BCUT2D eigenvalue weighted by Crippen LogP contribution is 2.25. The van der Waals surface area contributed by atoms with Crippen molar-refractivity contribution in [2.75, 3.05) is 11.1 Å². The first-order valence-corrected chi connectivity index (χ1v) is 7.10. The van der Waals surface area contributed by atoms with Crippen molar-refractivity contribution >= 4 is 39.8 Å². The summed E-state index contributed by atoms with van der Waals surface area (Å²) in [5.74, 6) is 1.68. The van der Waals surface area contributed by atoms with E-state index in [1.165, 1.54) is 16.9 Å². The van der Waals surface area contributed by atoms with Crippen molar-refractivity contribution in [3.8, 4) is 0 Å². The third-order valence-corrected chi connectivity index (χ3v) is 3.94. The third-order valence-electron chi connectivity index (χ3n) is 1.79. The maximum absolute atomic E-state index is 5.43. The lowest BCUT2D eigenvalue weighted by Gasteiger charge is -1.96. The molecule has 0 amide bonds. The highest BCUT2D eigenvalue weighted by atomic mass is 35.5. The molecule has 0 aliphatic rings. The Labute approximate surface area is 112 Å². The fourth-order valence-electron chi connectivity index (χ4n) is 1.07. The quantitative estimate of drug-likeness (QED) is 0.823. The number of halogens is 1. The molecule has 2 heterocycles. The second kappa shape index (κ2) is 6.68. The second-order valence-corrected chi connectivity index (χ2v) is 5.48. The van der Waals surface area contributed by atoms with Crippen molar-refractivity contribution in [2.24, 2.45) is 0 Å². The van der Waals surface area contributed by atoms with Gasteiger partial charge in [0.25, 0.3) is 0 Å². The number of anilines is 1. The number of nitrogens with zero attached hydrogens (tertiary/aromatic N) is 2. The van der Waals surface area contributed by atoms with Crippen LogP contribution in [0.1, 0.15) is 5.76 Å². The summed E-state index contributed by atoms with van der Waals surface area (Å²) in [6, 6.07) is 3.77. The Morgan fingerprint density at radius 3 is 3.24 bits per heavy atom. The van der Waals surface area contributed by atoms with E-state index in [4.69, 9.17) is 16.0 Å². The first kappa shape index (κ1) is 12.5. The highest BCUT2D eigenvalue weighted by molar-refractivity contribution is 8.01. The summed E-state index contributed by atoms with van der Waals surface area (Å²) < 4.78 is 6.12. The summed E-state index contributed by atoms with van der Waals surface area (Å²) >= 11 is 8.55. The van der Waals surface area contributed by atoms with E-state index in [0.717, 1.165) is 21.0 Å². The first-order chi connectivity index (χ1) is 8.38. The molecule has 0 atom stereocenters. The Morgan fingerprint density at radius 1 is 1.53 bits per heavy atom. The predicted octanol–water partition coefficient (Wildman–Crippen LogP) is 3.59. The third kappa shape index (κ3) is 4.07. The molecule has 0 saturated heterocycles. The second-order valence-electron chi connectivity index (χ2n) is 2.98. The fraction of sp³-hybridized carbons (Fsp3) is 0.200. The van der Waals surface area contributed by atoms with Crippen molar-refractivity contribution < 1.29 is 4.42 Å². The number of rotatable bonds is 6. The van der Waals surface area contributed by atoms with Crippen LogP contribution in [0, 0.1) is 0 Å². The molecule has 0 aliphatic carbocycles. The lowest BCUT2D eigenvalue weighted by atomic mass is 10.4. The van der Waals surface area contributed by atoms with Crippen LogP contribution in [0.25, 0.3) is 0 Å². The largest absolute Gasteiger partial charge is 0.467 e.